The third-order valence-corrected chi connectivity index (χ3v) is 3.41. The summed E-state index contributed by atoms with van der Waals surface area (Å²) >= 11 is 0. The van der Waals surface area contributed by atoms with Crippen LogP contribution in [-0.2, 0) is 20.7 Å². The fraction of sp³-hybridized carbons (Fsp3) is 0.438. The summed E-state index contributed by atoms with van der Waals surface area (Å²) in [6.07, 6.45) is -0.0484. The number of benzene rings is 1. The Balaban J connectivity index is 2.45. The van der Waals surface area contributed by atoms with Crippen molar-refractivity contribution in [2.24, 2.45) is 5.92 Å². The first kappa shape index (κ1) is 17.6. The molecule has 0 aromatic heterocycles. The lowest BCUT2D eigenvalue weighted by Crippen LogP contribution is -2.50. The van der Waals surface area contributed by atoms with Crippen LogP contribution in [0.4, 0.5) is 4.39 Å². The van der Waals surface area contributed by atoms with Gasteiger partial charge in [0.15, 0.2) is 6.61 Å². The second-order valence-corrected chi connectivity index (χ2v) is 5.48. The maximum absolute atomic E-state index is 12.7. The van der Waals surface area contributed by atoms with Crippen molar-refractivity contribution in [3.05, 3.63) is 35.6 Å². The summed E-state index contributed by atoms with van der Waals surface area (Å²) in [5, 5.41) is 11.6. The Kier molecular flexibility index (Phi) is 6.05. The van der Waals surface area contributed by atoms with Gasteiger partial charge in [0.25, 0.3) is 5.91 Å². The van der Waals surface area contributed by atoms with E-state index in [1.807, 2.05) is 19.9 Å². The highest BCUT2D eigenvalue weighted by molar-refractivity contribution is 5.82. The van der Waals surface area contributed by atoms with Crippen LogP contribution in [0.25, 0.3) is 0 Å². The van der Waals surface area contributed by atoms with Crippen LogP contribution < -0.4 is 5.32 Å². The number of rotatable bonds is 6. The zero-order chi connectivity index (χ0) is 16.8. The predicted octanol–water partition coefficient (Wildman–Crippen LogP) is 1.97. The number of nitrogens with zero attached hydrogens (tertiary/aromatic N) is 1. The predicted molar refractivity (Wildman–Crippen MR) is 78.1 cm³/mol. The number of hydrogen-bond donors (Lipinski definition) is 1. The number of carbonyl (C=O) groups is 2. The topological polar surface area (TPSA) is 79.2 Å². The van der Waals surface area contributed by atoms with Gasteiger partial charge in [-0.2, -0.15) is 5.26 Å². The molecule has 0 saturated carbocycles. The molecule has 5 nitrogen and oxygen atoms in total. The molecule has 0 saturated heterocycles. The van der Waals surface area contributed by atoms with E-state index in [-0.39, 0.29) is 18.2 Å². The number of ether oxygens (including phenoxy) is 1. The molecule has 22 heavy (non-hydrogen) atoms. The Morgan fingerprint density at radius 3 is 2.45 bits per heavy atom. The molecule has 0 unspecified atom stereocenters. The molecule has 0 radical (unpaired) electrons. The summed E-state index contributed by atoms with van der Waals surface area (Å²) in [4.78, 5) is 23.3. The summed E-state index contributed by atoms with van der Waals surface area (Å²) in [5.74, 6) is -1.60. The van der Waals surface area contributed by atoms with Gasteiger partial charge >= 0.3 is 5.97 Å². The molecule has 1 N–H and O–H groups in total. The Morgan fingerprint density at radius 2 is 1.95 bits per heavy atom. The van der Waals surface area contributed by atoms with Crippen LogP contribution in [0.3, 0.4) is 0 Å². The summed E-state index contributed by atoms with van der Waals surface area (Å²) in [6.45, 7) is 4.77. The Labute approximate surface area is 129 Å². The molecule has 1 aromatic carbocycles. The van der Waals surface area contributed by atoms with Crippen LogP contribution in [0.5, 0.6) is 0 Å². The normalized spacial score (nSPS) is 13.1. The van der Waals surface area contributed by atoms with Crippen molar-refractivity contribution in [1.82, 2.24) is 5.32 Å². The largest absolute Gasteiger partial charge is 0.455 e. The fourth-order valence-corrected chi connectivity index (χ4v) is 1.59. The molecule has 118 valence electrons. The molecular formula is C16H19FN2O3. The van der Waals surface area contributed by atoms with Crippen molar-refractivity contribution in [2.45, 2.75) is 32.7 Å². The van der Waals surface area contributed by atoms with E-state index in [1.165, 1.54) is 24.3 Å². The number of halogens is 1. The molecule has 0 aliphatic rings. The summed E-state index contributed by atoms with van der Waals surface area (Å²) in [5.41, 5.74) is -0.420. The molecule has 6 heteroatoms. The first-order chi connectivity index (χ1) is 10.3. The van der Waals surface area contributed by atoms with Crippen LogP contribution in [0.15, 0.2) is 24.3 Å². The highest BCUT2D eigenvalue weighted by atomic mass is 19.1. The minimum absolute atomic E-state index is 0.0484. The maximum Gasteiger partial charge on any atom is 0.310 e. The fourth-order valence-electron chi connectivity index (χ4n) is 1.59. The molecule has 0 aliphatic carbocycles. The van der Waals surface area contributed by atoms with Gasteiger partial charge in [0, 0.05) is 0 Å². The number of esters is 1. The molecule has 0 aliphatic heterocycles. The average molecular weight is 306 g/mol. The minimum Gasteiger partial charge on any atom is -0.455 e. The first-order valence-corrected chi connectivity index (χ1v) is 6.89. The highest BCUT2D eigenvalue weighted by Gasteiger charge is 2.30. The molecular weight excluding hydrogens is 287 g/mol. The summed E-state index contributed by atoms with van der Waals surface area (Å²) in [6, 6.07) is 7.48. The van der Waals surface area contributed by atoms with E-state index in [0.29, 0.717) is 5.56 Å². The second kappa shape index (κ2) is 7.55. The molecule has 1 aromatic rings. The van der Waals surface area contributed by atoms with E-state index in [4.69, 9.17) is 10.00 Å². The van der Waals surface area contributed by atoms with Gasteiger partial charge in [0.1, 0.15) is 11.4 Å². The molecule has 1 amide bonds. The average Bonchev–Trinajstić information content (AvgIpc) is 2.47. The Bertz CT molecular complexity index is 578. The van der Waals surface area contributed by atoms with Crippen LogP contribution in [0.1, 0.15) is 26.3 Å². The molecule has 0 fully saturated rings. The third kappa shape index (κ3) is 5.17. The number of amides is 1. The second-order valence-electron chi connectivity index (χ2n) is 5.48. The van der Waals surface area contributed by atoms with E-state index >= 15 is 0 Å². The van der Waals surface area contributed by atoms with Gasteiger partial charge in [-0.05, 0) is 30.5 Å². The number of nitriles is 1. The Hall–Kier alpha value is -2.42. The van der Waals surface area contributed by atoms with Gasteiger partial charge in [0.2, 0.25) is 0 Å². The SMILES string of the molecule is CC(C)[C@](C)(C#N)NC(=O)COC(=O)Cc1ccc(F)cc1. The molecule has 0 spiro atoms. The van der Waals surface area contributed by atoms with E-state index in [2.05, 4.69) is 5.32 Å². The third-order valence-electron chi connectivity index (χ3n) is 3.41. The van der Waals surface area contributed by atoms with Crippen molar-refractivity contribution in [3.8, 4) is 6.07 Å². The zero-order valence-electron chi connectivity index (χ0n) is 12.9. The maximum atomic E-state index is 12.7. The lowest BCUT2D eigenvalue weighted by atomic mass is 9.90. The van der Waals surface area contributed by atoms with Gasteiger partial charge in [-0.15, -0.1) is 0 Å². The number of hydrogen-bond acceptors (Lipinski definition) is 4. The smallest absolute Gasteiger partial charge is 0.310 e. The van der Waals surface area contributed by atoms with Gasteiger partial charge in [-0.3, -0.25) is 9.59 Å². The van der Waals surface area contributed by atoms with Gasteiger partial charge in [-0.25, -0.2) is 4.39 Å². The zero-order valence-corrected chi connectivity index (χ0v) is 12.9. The Morgan fingerprint density at radius 1 is 1.36 bits per heavy atom. The van der Waals surface area contributed by atoms with Crippen LogP contribution in [0, 0.1) is 23.1 Å². The van der Waals surface area contributed by atoms with E-state index in [0.717, 1.165) is 0 Å². The molecule has 0 heterocycles. The van der Waals surface area contributed by atoms with Crippen molar-refractivity contribution in [1.29, 1.82) is 5.26 Å². The van der Waals surface area contributed by atoms with Crippen molar-refractivity contribution in [3.63, 3.8) is 0 Å². The van der Waals surface area contributed by atoms with Crippen LogP contribution >= 0.6 is 0 Å². The number of nitrogens with one attached hydrogen (secondary N) is 1. The summed E-state index contributed by atoms with van der Waals surface area (Å²) in [7, 11) is 0. The van der Waals surface area contributed by atoms with Crippen LogP contribution in [-0.4, -0.2) is 24.0 Å². The van der Waals surface area contributed by atoms with Crippen molar-refractivity contribution >= 4 is 11.9 Å². The van der Waals surface area contributed by atoms with Crippen molar-refractivity contribution < 1.29 is 18.7 Å². The molecule has 0 bridgehead atoms. The van der Waals surface area contributed by atoms with Crippen LogP contribution in [0.2, 0.25) is 0 Å². The van der Waals surface area contributed by atoms with Gasteiger partial charge in [0.05, 0.1) is 12.5 Å². The molecule has 1 atom stereocenters. The van der Waals surface area contributed by atoms with E-state index < -0.39 is 24.0 Å². The minimum atomic E-state index is -1.01. The highest BCUT2D eigenvalue weighted by Crippen LogP contribution is 2.14. The standard InChI is InChI=1S/C16H19FN2O3/c1-11(2)16(3,10-18)19-14(20)9-22-15(21)8-12-4-6-13(17)7-5-12/h4-7,11H,8-9H2,1-3H3,(H,19,20)/t16-/m0/s1. The number of carbonyl (C=O) groups excluding carboxylic acids is 2. The van der Waals surface area contributed by atoms with E-state index in [1.54, 1.807) is 6.92 Å². The lowest BCUT2D eigenvalue weighted by molar-refractivity contribution is -0.148. The summed E-state index contributed by atoms with van der Waals surface area (Å²) < 4.78 is 17.6. The quantitative estimate of drug-likeness (QED) is 0.815. The van der Waals surface area contributed by atoms with Crippen molar-refractivity contribution in [2.75, 3.05) is 6.61 Å². The van der Waals surface area contributed by atoms with E-state index in [9.17, 15) is 14.0 Å². The molecule has 1 rings (SSSR count). The first-order valence-electron chi connectivity index (χ1n) is 6.89. The van der Waals surface area contributed by atoms with Gasteiger partial charge < -0.3 is 10.1 Å². The monoisotopic (exact) mass is 306 g/mol. The van der Waals surface area contributed by atoms with Gasteiger partial charge in [-0.1, -0.05) is 26.0 Å². The lowest BCUT2D eigenvalue weighted by Gasteiger charge is -2.27.